The number of methoxy groups -OCH3 is 1. The maximum atomic E-state index is 15.6. The Morgan fingerprint density at radius 3 is 2.33 bits per heavy atom. The Labute approximate surface area is 334 Å². The first-order chi connectivity index (χ1) is 26.5. The first-order valence-electron chi connectivity index (χ1n) is 17.8. The molecule has 0 aromatic heterocycles. The van der Waals surface area contributed by atoms with Crippen molar-refractivity contribution >= 4 is 84.9 Å². The summed E-state index contributed by atoms with van der Waals surface area (Å²) in [6.07, 6.45) is 2.30. The highest BCUT2D eigenvalue weighted by Crippen LogP contribution is 2.65. The largest absolute Gasteiger partial charge is 0.508 e. The predicted molar refractivity (Wildman–Crippen MR) is 213 cm³/mol. The molecule has 4 aliphatic rings. The molecular formula is C43H32BrCl2N3O6. The highest BCUT2D eigenvalue weighted by atomic mass is 79.9. The molecule has 55 heavy (non-hydrogen) atoms. The summed E-state index contributed by atoms with van der Waals surface area (Å²) in [5.41, 5.74) is 3.87. The summed E-state index contributed by atoms with van der Waals surface area (Å²) in [7, 11) is 1.55. The topological polar surface area (TPSA) is 116 Å². The molecular weight excluding hydrogens is 805 g/mol. The monoisotopic (exact) mass is 835 g/mol. The second-order valence-electron chi connectivity index (χ2n) is 14.4. The van der Waals surface area contributed by atoms with Crippen molar-refractivity contribution < 1.29 is 29.0 Å². The number of amides is 4. The number of hydrogen-bond acceptors (Lipinski definition) is 7. The normalized spacial score (nSPS) is 25.8. The third-order valence-corrected chi connectivity index (χ3v) is 13.0. The number of halogens is 3. The molecule has 5 aromatic carbocycles. The molecule has 3 fully saturated rings. The molecule has 2 N–H and O–H groups in total. The summed E-state index contributed by atoms with van der Waals surface area (Å²) in [5.74, 6) is -5.33. The lowest BCUT2D eigenvalue weighted by Crippen LogP contribution is -2.53. The second-order valence-corrected chi connectivity index (χ2v) is 16.2. The van der Waals surface area contributed by atoms with Crippen molar-refractivity contribution in [2.24, 2.45) is 23.7 Å². The summed E-state index contributed by atoms with van der Waals surface area (Å²) in [6.45, 7) is 0. The number of anilines is 2. The van der Waals surface area contributed by atoms with E-state index in [-0.39, 0.29) is 35.4 Å². The Bertz CT molecular complexity index is 2490. The van der Waals surface area contributed by atoms with Gasteiger partial charge in [-0.05, 0) is 95.8 Å². The number of fused-ring (bicyclic) bond motifs is 5. The molecule has 6 unspecified atom stereocenters. The van der Waals surface area contributed by atoms with Gasteiger partial charge in [-0.15, -0.1) is 0 Å². The van der Waals surface area contributed by atoms with Gasteiger partial charge < -0.3 is 9.84 Å². The Morgan fingerprint density at radius 1 is 0.855 bits per heavy atom. The average Bonchev–Trinajstić information content (AvgIpc) is 3.57. The Balaban J connectivity index is 1.29. The molecule has 9 nitrogen and oxygen atoms in total. The van der Waals surface area contributed by atoms with Crippen LogP contribution in [0.15, 0.2) is 119 Å². The number of hydrazine groups is 1. The molecule has 6 atom stereocenters. The molecule has 2 saturated heterocycles. The van der Waals surface area contributed by atoms with E-state index in [0.29, 0.717) is 38.7 Å². The van der Waals surface area contributed by atoms with E-state index in [4.69, 9.17) is 27.9 Å². The first-order valence-corrected chi connectivity index (χ1v) is 19.4. The van der Waals surface area contributed by atoms with Gasteiger partial charge in [-0.25, -0.2) is 0 Å². The average molecular weight is 838 g/mol. The zero-order valence-electron chi connectivity index (χ0n) is 29.2. The van der Waals surface area contributed by atoms with Crippen LogP contribution in [-0.2, 0) is 24.6 Å². The van der Waals surface area contributed by atoms with E-state index in [9.17, 15) is 14.7 Å². The number of phenolic OH excluding ortho intramolecular Hbond substituents is 1. The third-order valence-electron chi connectivity index (χ3n) is 11.9. The maximum absolute atomic E-state index is 15.6. The van der Waals surface area contributed by atoms with Crippen molar-refractivity contribution in [1.29, 1.82) is 0 Å². The van der Waals surface area contributed by atoms with Crippen LogP contribution in [0.5, 0.6) is 11.5 Å². The van der Waals surface area contributed by atoms with Gasteiger partial charge in [-0.1, -0.05) is 93.2 Å². The van der Waals surface area contributed by atoms with E-state index in [0.717, 1.165) is 20.4 Å². The summed E-state index contributed by atoms with van der Waals surface area (Å²) >= 11 is 16.2. The minimum atomic E-state index is -1.62. The standard InChI is InChI=1S/C43H32BrCl2N3O6/c1-55-27-14-7-23(8-15-27)43-32(40(52)49(42(43)54)47-34-18-11-25(45)20-33(34)46)21-31-29(38(43)37-28-5-3-2-4-22(28)6-19-35(37)50)16-17-30-36(31)41(53)48(39(30)51)26-12-9-24(44)10-13-26/h2-16,18-20,30-32,36,38,47,50H,17,21H2,1H3. The van der Waals surface area contributed by atoms with Crippen molar-refractivity contribution in [1.82, 2.24) is 5.01 Å². The Hall–Kier alpha value is -5.16. The van der Waals surface area contributed by atoms with E-state index in [1.165, 1.54) is 11.0 Å². The van der Waals surface area contributed by atoms with Gasteiger partial charge in [0.15, 0.2) is 0 Å². The molecule has 5 aromatic rings. The van der Waals surface area contributed by atoms with Gasteiger partial charge in [0.05, 0.1) is 46.7 Å². The van der Waals surface area contributed by atoms with Crippen LogP contribution in [0.1, 0.15) is 29.9 Å². The summed E-state index contributed by atoms with van der Waals surface area (Å²) in [6, 6.07) is 29.8. The lowest BCUT2D eigenvalue weighted by atomic mass is 9.48. The number of nitrogens with one attached hydrogen (secondary N) is 1. The van der Waals surface area contributed by atoms with Crippen molar-refractivity contribution in [2.75, 3.05) is 17.4 Å². The number of hydrogen-bond donors (Lipinski definition) is 2. The van der Waals surface area contributed by atoms with E-state index < -0.39 is 46.8 Å². The number of benzene rings is 5. The van der Waals surface area contributed by atoms with E-state index in [1.54, 1.807) is 73.8 Å². The molecule has 0 bridgehead atoms. The minimum Gasteiger partial charge on any atom is -0.508 e. The lowest BCUT2D eigenvalue weighted by molar-refractivity contribution is -0.138. The molecule has 2 heterocycles. The number of ether oxygens (including phenoxy) is 1. The summed E-state index contributed by atoms with van der Waals surface area (Å²) < 4.78 is 6.31. The number of imide groups is 2. The highest BCUT2D eigenvalue weighted by Gasteiger charge is 2.71. The SMILES string of the molecule is COc1ccc(C23C(=O)N(Nc4ccc(Cl)cc4Cl)C(=O)C2CC2C(=CCC4C(=O)N(c5ccc(Br)cc5)C(=O)C42)C3c2c(O)ccc3ccccc23)cc1. The number of carbonyl (C=O) groups is 4. The fraction of sp³-hybridized carbons (Fsp3) is 0.209. The molecule has 2 aliphatic heterocycles. The van der Waals surface area contributed by atoms with E-state index in [2.05, 4.69) is 21.4 Å². The van der Waals surface area contributed by atoms with Crippen LogP contribution in [0.2, 0.25) is 10.0 Å². The summed E-state index contributed by atoms with van der Waals surface area (Å²) in [5, 5.41) is 15.1. The number of aromatic hydroxyl groups is 1. The molecule has 0 spiro atoms. The first kappa shape index (κ1) is 35.5. The number of rotatable bonds is 6. The van der Waals surface area contributed by atoms with Gasteiger partial charge in [0.1, 0.15) is 11.5 Å². The van der Waals surface area contributed by atoms with Gasteiger partial charge in [0, 0.05) is 21.0 Å². The van der Waals surface area contributed by atoms with E-state index in [1.807, 2.05) is 36.4 Å². The van der Waals surface area contributed by atoms with E-state index >= 15 is 9.59 Å². The number of allylic oxidation sites excluding steroid dienone is 2. The molecule has 4 amide bonds. The number of carbonyl (C=O) groups excluding carboxylic acids is 4. The minimum absolute atomic E-state index is 0.0586. The Morgan fingerprint density at radius 2 is 1.60 bits per heavy atom. The number of phenols is 1. The van der Waals surface area contributed by atoms with Crippen LogP contribution in [0.25, 0.3) is 10.8 Å². The van der Waals surface area contributed by atoms with Crippen molar-refractivity contribution in [3.05, 3.63) is 140 Å². The second kappa shape index (κ2) is 13.3. The van der Waals surface area contributed by atoms with Crippen molar-refractivity contribution in [3.63, 3.8) is 0 Å². The smallest absolute Gasteiger partial charge is 0.260 e. The highest BCUT2D eigenvalue weighted by molar-refractivity contribution is 9.10. The molecule has 276 valence electrons. The van der Waals surface area contributed by atoms with Crippen molar-refractivity contribution in [2.45, 2.75) is 24.2 Å². The quantitative estimate of drug-likeness (QED) is 0.130. The molecule has 1 saturated carbocycles. The number of nitrogens with zero attached hydrogens (tertiary/aromatic N) is 2. The fourth-order valence-corrected chi connectivity index (χ4v) is 10.3. The van der Waals surface area contributed by atoms with Crippen LogP contribution in [-0.4, -0.2) is 40.9 Å². The Kier molecular flexibility index (Phi) is 8.56. The molecule has 2 aliphatic carbocycles. The van der Waals surface area contributed by atoms with Gasteiger partial charge in [0.2, 0.25) is 11.8 Å². The molecule has 12 heteroatoms. The molecule has 9 rings (SSSR count). The van der Waals surface area contributed by atoms with Crippen LogP contribution >= 0.6 is 39.1 Å². The van der Waals surface area contributed by atoms with Crippen molar-refractivity contribution in [3.8, 4) is 11.5 Å². The maximum Gasteiger partial charge on any atom is 0.260 e. The third kappa shape index (κ3) is 5.25. The predicted octanol–water partition coefficient (Wildman–Crippen LogP) is 8.81. The van der Waals surface area contributed by atoms with Crippen LogP contribution in [0, 0.1) is 23.7 Å². The zero-order valence-corrected chi connectivity index (χ0v) is 32.3. The van der Waals surface area contributed by atoms with Crippen LogP contribution in [0.3, 0.4) is 0 Å². The van der Waals surface area contributed by atoms with Crippen LogP contribution in [0.4, 0.5) is 11.4 Å². The summed E-state index contributed by atoms with van der Waals surface area (Å²) in [4.78, 5) is 60.8. The van der Waals surface area contributed by atoms with Gasteiger partial charge in [-0.2, -0.15) is 5.01 Å². The molecule has 0 radical (unpaired) electrons. The van der Waals surface area contributed by atoms with Crippen LogP contribution < -0.4 is 15.1 Å². The zero-order chi connectivity index (χ0) is 38.3. The lowest BCUT2D eigenvalue weighted by Gasteiger charge is -2.51. The van der Waals surface area contributed by atoms with Gasteiger partial charge >= 0.3 is 0 Å². The van der Waals surface area contributed by atoms with Gasteiger partial charge in [0.25, 0.3) is 11.8 Å². The fourth-order valence-electron chi connectivity index (χ4n) is 9.59. The van der Waals surface area contributed by atoms with Gasteiger partial charge in [-0.3, -0.25) is 29.5 Å².